The zero-order valence-electron chi connectivity index (χ0n) is 14.3. The number of nitrogens with one attached hydrogen (secondary N) is 2. The van der Waals surface area contributed by atoms with Crippen LogP contribution in [0.5, 0.6) is 0 Å². The first kappa shape index (κ1) is 19.9. The predicted molar refractivity (Wildman–Crippen MR) is 97.8 cm³/mol. The van der Waals surface area contributed by atoms with E-state index in [1.165, 1.54) is 11.1 Å². The van der Waals surface area contributed by atoms with Gasteiger partial charge in [0.1, 0.15) is 0 Å². The van der Waals surface area contributed by atoms with E-state index < -0.39 is 0 Å². The summed E-state index contributed by atoms with van der Waals surface area (Å²) in [7, 11) is 0. The number of halogens is 1. The second-order valence-corrected chi connectivity index (χ2v) is 6.02. The minimum Gasteiger partial charge on any atom is -0.352 e. The molecular weight excluding hydrogens is 310 g/mol. The molecule has 0 aromatic heterocycles. The fraction of sp³-hybridized carbons (Fsp3) is 0.611. The summed E-state index contributed by atoms with van der Waals surface area (Å²) in [4.78, 5) is 14.6. The molecule has 1 aliphatic heterocycles. The molecule has 0 radical (unpaired) electrons. The van der Waals surface area contributed by atoms with Crippen LogP contribution in [0.2, 0.25) is 0 Å². The first-order valence-corrected chi connectivity index (χ1v) is 8.51. The average Bonchev–Trinajstić information content (AvgIpc) is 2.58. The summed E-state index contributed by atoms with van der Waals surface area (Å²) in [6.07, 6.45) is 1.90. The number of hydrogen-bond donors (Lipinski definition) is 2. The molecule has 1 aromatic carbocycles. The Morgan fingerprint density at radius 3 is 2.52 bits per heavy atom. The molecule has 0 saturated carbocycles. The van der Waals surface area contributed by atoms with Gasteiger partial charge in [-0.25, -0.2) is 0 Å². The average molecular weight is 340 g/mol. The summed E-state index contributed by atoms with van der Waals surface area (Å²) < 4.78 is 0. The van der Waals surface area contributed by atoms with Crippen molar-refractivity contribution in [1.29, 1.82) is 0 Å². The van der Waals surface area contributed by atoms with Gasteiger partial charge in [0.15, 0.2) is 0 Å². The van der Waals surface area contributed by atoms with E-state index >= 15 is 0 Å². The standard InChI is InChI=1S/C18H29N3O.ClH/c1-3-21(4-2)14-16-7-5-6-15(12-16)13-20-18(22)17-8-10-19-11-9-17;/h5-7,12,17,19H,3-4,8-11,13-14H2,1-2H3,(H,20,22);1H. The lowest BCUT2D eigenvalue weighted by Crippen LogP contribution is -2.37. The summed E-state index contributed by atoms with van der Waals surface area (Å²) >= 11 is 0. The second-order valence-electron chi connectivity index (χ2n) is 6.02. The molecule has 0 unspecified atom stereocenters. The van der Waals surface area contributed by atoms with E-state index in [2.05, 4.69) is 53.6 Å². The van der Waals surface area contributed by atoms with Gasteiger partial charge in [-0.1, -0.05) is 38.1 Å². The van der Waals surface area contributed by atoms with Gasteiger partial charge < -0.3 is 10.6 Å². The molecule has 0 spiro atoms. The van der Waals surface area contributed by atoms with Crippen molar-refractivity contribution < 1.29 is 4.79 Å². The van der Waals surface area contributed by atoms with Gasteiger partial charge in [0.05, 0.1) is 0 Å². The molecule has 0 bridgehead atoms. The summed E-state index contributed by atoms with van der Waals surface area (Å²) in [5.74, 6) is 0.385. The molecule has 0 atom stereocenters. The van der Waals surface area contributed by atoms with Crippen LogP contribution < -0.4 is 10.6 Å². The van der Waals surface area contributed by atoms with Crippen molar-refractivity contribution in [1.82, 2.24) is 15.5 Å². The normalized spacial score (nSPS) is 15.3. The highest BCUT2D eigenvalue weighted by molar-refractivity contribution is 5.85. The lowest BCUT2D eigenvalue weighted by atomic mass is 9.97. The Hall–Kier alpha value is -1.10. The molecule has 4 nitrogen and oxygen atoms in total. The van der Waals surface area contributed by atoms with E-state index in [4.69, 9.17) is 0 Å². The molecule has 0 aliphatic carbocycles. The Balaban J connectivity index is 0.00000264. The van der Waals surface area contributed by atoms with E-state index in [-0.39, 0.29) is 24.2 Å². The topological polar surface area (TPSA) is 44.4 Å². The first-order chi connectivity index (χ1) is 10.7. The number of rotatable bonds is 7. The fourth-order valence-corrected chi connectivity index (χ4v) is 2.96. The quantitative estimate of drug-likeness (QED) is 0.802. The Kier molecular flexibility index (Phi) is 9.22. The Morgan fingerprint density at radius 2 is 1.87 bits per heavy atom. The van der Waals surface area contributed by atoms with Crippen molar-refractivity contribution >= 4 is 18.3 Å². The van der Waals surface area contributed by atoms with Crippen molar-refractivity contribution in [2.75, 3.05) is 26.2 Å². The van der Waals surface area contributed by atoms with Gasteiger partial charge in [-0.15, -0.1) is 12.4 Å². The van der Waals surface area contributed by atoms with Crippen molar-refractivity contribution in [3.63, 3.8) is 0 Å². The number of amides is 1. The summed E-state index contributed by atoms with van der Waals surface area (Å²) in [6, 6.07) is 8.55. The van der Waals surface area contributed by atoms with Crippen LogP contribution in [-0.4, -0.2) is 37.0 Å². The van der Waals surface area contributed by atoms with Crippen LogP contribution in [0.25, 0.3) is 0 Å². The van der Waals surface area contributed by atoms with Crippen molar-refractivity contribution in [3.8, 4) is 0 Å². The van der Waals surface area contributed by atoms with Crippen molar-refractivity contribution in [3.05, 3.63) is 35.4 Å². The Labute approximate surface area is 146 Å². The first-order valence-electron chi connectivity index (χ1n) is 8.51. The smallest absolute Gasteiger partial charge is 0.223 e. The number of carbonyl (C=O) groups excluding carboxylic acids is 1. The van der Waals surface area contributed by atoms with Crippen LogP contribution in [0.1, 0.15) is 37.8 Å². The van der Waals surface area contributed by atoms with E-state index in [1.807, 2.05) is 0 Å². The molecule has 1 amide bonds. The van der Waals surface area contributed by atoms with Crippen LogP contribution in [-0.2, 0) is 17.9 Å². The highest BCUT2D eigenvalue weighted by Gasteiger charge is 2.20. The molecule has 5 heteroatoms. The third-order valence-corrected chi connectivity index (χ3v) is 4.47. The van der Waals surface area contributed by atoms with Crippen LogP contribution in [0.4, 0.5) is 0 Å². The maximum atomic E-state index is 12.2. The van der Waals surface area contributed by atoms with E-state index in [0.717, 1.165) is 45.6 Å². The number of benzene rings is 1. The summed E-state index contributed by atoms with van der Waals surface area (Å²) in [6.45, 7) is 10.0. The van der Waals surface area contributed by atoms with Gasteiger partial charge in [-0.05, 0) is 50.1 Å². The van der Waals surface area contributed by atoms with Crippen molar-refractivity contribution in [2.24, 2.45) is 5.92 Å². The van der Waals surface area contributed by atoms with Crippen LogP contribution in [0.3, 0.4) is 0 Å². The molecule has 2 N–H and O–H groups in total. The molecular formula is C18H30ClN3O. The molecule has 1 aliphatic rings. The highest BCUT2D eigenvalue weighted by Crippen LogP contribution is 2.12. The second kappa shape index (κ2) is 10.6. The molecule has 130 valence electrons. The fourth-order valence-electron chi connectivity index (χ4n) is 2.96. The lowest BCUT2D eigenvalue weighted by Gasteiger charge is -2.22. The third-order valence-electron chi connectivity index (χ3n) is 4.47. The Bertz CT molecular complexity index is 471. The van der Waals surface area contributed by atoms with Crippen LogP contribution in [0.15, 0.2) is 24.3 Å². The summed E-state index contributed by atoms with van der Waals surface area (Å²) in [5, 5.41) is 6.39. The molecule has 1 aromatic rings. The van der Waals surface area contributed by atoms with Gasteiger partial charge in [0.25, 0.3) is 0 Å². The maximum Gasteiger partial charge on any atom is 0.223 e. The number of hydrogen-bond acceptors (Lipinski definition) is 3. The molecule has 2 rings (SSSR count). The van der Waals surface area contributed by atoms with Gasteiger partial charge in [-0.2, -0.15) is 0 Å². The van der Waals surface area contributed by atoms with Crippen LogP contribution in [0, 0.1) is 5.92 Å². The highest BCUT2D eigenvalue weighted by atomic mass is 35.5. The zero-order valence-corrected chi connectivity index (χ0v) is 15.1. The van der Waals surface area contributed by atoms with E-state index in [9.17, 15) is 4.79 Å². The maximum absolute atomic E-state index is 12.2. The number of carbonyl (C=O) groups is 1. The third kappa shape index (κ3) is 6.50. The van der Waals surface area contributed by atoms with Crippen LogP contribution >= 0.6 is 12.4 Å². The Morgan fingerprint density at radius 1 is 1.22 bits per heavy atom. The molecule has 23 heavy (non-hydrogen) atoms. The number of nitrogens with zero attached hydrogens (tertiary/aromatic N) is 1. The van der Waals surface area contributed by atoms with Gasteiger partial charge in [0, 0.05) is 19.0 Å². The SMILES string of the molecule is CCN(CC)Cc1cccc(CNC(=O)C2CCNCC2)c1.Cl. The lowest BCUT2D eigenvalue weighted by molar-refractivity contribution is -0.125. The van der Waals surface area contributed by atoms with E-state index in [1.54, 1.807) is 0 Å². The summed E-state index contributed by atoms with van der Waals surface area (Å²) in [5.41, 5.74) is 2.50. The van der Waals surface area contributed by atoms with Gasteiger partial charge in [-0.3, -0.25) is 9.69 Å². The van der Waals surface area contributed by atoms with Gasteiger partial charge >= 0.3 is 0 Å². The molecule has 1 saturated heterocycles. The minimum absolute atomic E-state index is 0. The predicted octanol–water partition coefficient (Wildman–Crippen LogP) is 2.57. The number of piperidine rings is 1. The minimum atomic E-state index is 0. The zero-order chi connectivity index (χ0) is 15.8. The molecule has 1 fully saturated rings. The van der Waals surface area contributed by atoms with E-state index in [0.29, 0.717) is 6.54 Å². The molecule has 1 heterocycles. The largest absolute Gasteiger partial charge is 0.352 e. The van der Waals surface area contributed by atoms with Gasteiger partial charge in [0.2, 0.25) is 5.91 Å². The van der Waals surface area contributed by atoms with Crippen molar-refractivity contribution in [2.45, 2.75) is 39.8 Å². The monoisotopic (exact) mass is 339 g/mol.